The zero-order valence-electron chi connectivity index (χ0n) is 13.2. The van der Waals surface area contributed by atoms with Gasteiger partial charge in [0.15, 0.2) is 0 Å². The lowest BCUT2D eigenvalue weighted by atomic mass is 9.94. The van der Waals surface area contributed by atoms with Gasteiger partial charge in [0, 0.05) is 36.6 Å². The third-order valence-corrected chi connectivity index (χ3v) is 4.16. The van der Waals surface area contributed by atoms with Crippen LogP contribution in [0.15, 0.2) is 35.5 Å². The predicted octanol–water partition coefficient (Wildman–Crippen LogP) is 3.80. The van der Waals surface area contributed by atoms with Crippen LogP contribution in [0.5, 0.6) is 0 Å². The summed E-state index contributed by atoms with van der Waals surface area (Å²) in [5.41, 5.74) is 5.17. The number of likely N-dealkylation sites (N-methyl/N-ethyl adjacent to an activating group) is 1. The number of benzene rings is 1. The molecular weight excluding hydrogens is 248 g/mol. The van der Waals surface area contributed by atoms with Crippen molar-refractivity contribution >= 4 is 5.69 Å². The van der Waals surface area contributed by atoms with Gasteiger partial charge in [-0.3, -0.25) is 4.90 Å². The molecule has 0 fully saturated rings. The Hall–Kier alpha value is -1.32. The van der Waals surface area contributed by atoms with Crippen LogP contribution in [-0.4, -0.2) is 31.1 Å². The molecule has 0 bridgehead atoms. The molecule has 1 N–H and O–H groups in total. The average molecular weight is 274 g/mol. The zero-order chi connectivity index (χ0) is 14.7. The zero-order valence-corrected chi connectivity index (χ0v) is 13.2. The van der Waals surface area contributed by atoms with Crippen molar-refractivity contribution in [3.63, 3.8) is 0 Å². The maximum Gasteiger partial charge on any atom is 0.108 e. The standard InChI is InChI=1S/C15H20N2O.C2H6/c1-4-17-9-12-14(10(17)2)16-13-8-6-5-7-11(13)15(12)18-3;1-2/h5-8,10,15-16H,4,9H2,1-3H3;1-2H3. The fourth-order valence-corrected chi connectivity index (χ4v) is 3.13. The van der Waals surface area contributed by atoms with Crippen LogP contribution in [0, 0.1) is 0 Å². The van der Waals surface area contributed by atoms with E-state index in [1.807, 2.05) is 13.8 Å². The average Bonchev–Trinajstić information content (AvgIpc) is 2.83. The smallest absolute Gasteiger partial charge is 0.108 e. The Morgan fingerprint density at radius 2 is 2.00 bits per heavy atom. The van der Waals surface area contributed by atoms with Crippen molar-refractivity contribution in [1.82, 2.24) is 4.90 Å². The Kier molecular flexibility index (Phi) is 4.84. The van der Waals surface area contributed by atoms with E-state index in [-0.39, 0.29) is 6.10 Å². The van der Waals surface area contributed by atoms with Crippen molar-refractivity contribution in [1.29, 1.82) is 0 Å². The largest absolute Gasteiger partial charge is 0.372 e. The molecule has 2 aliphatic heterocycles. The van der Waals surface area contributed by atoms with E-state index < -0.39 is 0 Å². The van der Waals surface area contributed by atoms with E-state index in [1.165, 1.54) is 22.5 Å². The highest BCUT2D eigenvalue weighted by Gasteiger charge is 2.37. The Balaban J connectivity index is 0.000000704. The van der Waals surface area contributed by atoms with Crippen LogP contribution in [0.4, 0.5) is 5.69 Å². The maximum absolute atomic E-state index is 5.75. The van der Waals surface area contributed by atoms with Crippen LogP contribution in [0.2, 0.25) is 0 Å². The van der Waals surface area contributed by atoms with Gasteiger partial charge in [-0.25, -0.2) is 0 Å². The number of fused-ring (bicyclic) bond motifs is 1. The molecule has 3 nitrogen and oxygen atoms in total. The number of hydrogen-bond donors (Lipinski definition) is 1. The fraction of sp³-hybridized carbons (Fsp3) is 0.529. The van der Waals surface area contributed by atoms with Gasteiger partial charge in [-0.15, -0.1) is 0 Å². The number of ether oxygens (including phenoxy) is 1. The second-order valence-corrected chi connectivity index (χ2v) is 5.01. The van der Waals surface area contributed by atoms with Crippen molar-refractivity contribution in [3.8, 4) is 0 Å². The molecule has 2 unspecified atom stereocenters. The van der Waals surface area contributed by atoms with Crippen LogP contribution in [-0.2, 0) is 4.74 Å². The molecule has 1 aromatic carbocycles. The molecule has 3 heteroatoms. The number of rotatable bonds is 2. The SMILES string of the molecule is CC.CCN1CC2=C(Nc3ccccc3C2OC)C1C. The molecule has 0 aliphatic carbocycles. The Morgan fingerprint density at radius 1 is 1.30 bits per heavy atom. The first-order chi connectivity index (χ1) is 9.76. The molecule has 3 rings (SSSR count). The number of methoxy groups -OCH3 is 1. The lowest BCUT2D eigenvalue weighted by Gasteiger charge is -2.28. The van der Waals surface area contributed by atoms with Gasteiger partial charge in [0.2, 0.25) is 0 Å². The quantitative estimate of drug-likeness (QED) is 0.887. The number of para-hydroxylation sites is 1. The summed E-state index contributed by atoms with van der Waals surface area (Å²) in [6, 6.07) is 8.89. The second kappa shape index (κ2) is 6.42. The van der Waals surface area contributed by atoms with Crippen LogP contribution < -0.4 is 5.32 Å². The number of anilines is 1. The van der Waals surface area contributed by atoms with Gasteiger partial charge in [0.25, 0.3) is 0 Å². The summed E-state index contributed by atoms with van der Waals surface area (Å²) in [6.07, 6.45) is 0.108. The molecular formula is C17H26N2O. The number of nitrogens with zero attached hydrogens (tertiary/aromatic N) is 1. The molecule has 2 heterocycles. The van der Waals surface area contributed by atoms with Gasteiger partial charge >= 0.3 is 0 Å². The molecule has 0 aromatic heterocycles. The molecule has 20 heavy (non-hydrogen) atoms. The third kappa shape index (κ3) is 2.36. The van der Waals surface area contributed by atoms with Gasteiger partial charge in [0.05, 0.1) is 0 Å². The molecule has 0 saturated heterocycles. The first-order valence-corrected chi connectivity index (χ1v) is 7.62. The van der Waals surface area contributed by atoms with E-state index in [0.717, 1.165) is 13.1 Å². The highest BCUT2D eigenvalue weighted by Crippen LogP contribution is 2.42. The van der Waals surface area contributed by atoms with Crippen molar-refractivity contribution in [2.45, 2.75) is 39.8 Å². The fourth-order valence-electron chi connectivity index (χ4n) is 3.13. The molecule has 1 aromatic rings. The summed E-state index contributed by atoms with van der Waals surface area (Å²) in [4.78, 5) is 2.47. The molecule has 0 saturated carbocycles. The van der Waals surface area contributed by atoms with Gasteiger partial charge in [0.1, 0.15) is 6.10 Å². The van der Waals surface area contributed by atoms with Gasteiger partial charge in [-0.2, -0.15) is 0 Å². The maximum atomic E-state index is 5.75. The molecule has 110 valence electrons. The van der Waals surface area contributed by atoms with Gasteiger partial charge in [-0.1, -0.05) is 39.0 Å². The molecule has 2 atom stereocenters. The first-order valence-electron chi connectivity index (χ1n) is 7.62. The van der Waals surface area contributed by atoms with Crippen LogP contribution in [0.3, 0.4) is 0 Å². The summed E-state index contributed by atoms with van der Waals surface area (Å²) in [7, 11) is 1.80. The summed E-state index contributed by atoms with van der Waals surface area (Å²) in [5, 5.41) is 3.60. The Morgan fingerprint density at radius 3 is 2.65 bits per heavy atom. The third-order valence-electron chi connectivity index (χ3n) is 4.16. The topological polar surface area (TPSA) is 24.5 Å². The monoisotopic (exact) mass is 274 g/mol. The second-order valence-electron chi connectivity index (χ2n) is 5.01. The first kappa shape index (κ1) is 15.1. The number of hydrogen-bond acceptors (Lipinski definition) is 3. The summed E-state index contributed by atoms with van der Waals surface area (Å²) >= 11 is 0. The van der Waals surface area contributed by atoms with Gasteiger partial charge in [-0.05, 0) is 25.1 Å². The molecule has 0 spiro atoms. The highest BCUT2D eigenvalue weighted by atomic mass is 16.5. The van der Waals surface area contributed by atoms with E-state index >= 15 is 0 Å². The minimum absolute atomic E-state index is 0.108. The lowest BCUT2D eigenvalue weighted by molar-refractivity contribution is 0.127. The Labute approximate surface area is 122 Å². The van der Waals surface area contributed by atoms with E-state index in [2.05, 4.69) is 48.3 Å². The van der Waals surface area contributed by atoms with Crippen molar-refractivity contribution in [3.05, 3.63) is 41.1 Å². The van der Waals surface area contributed by atoms with E-state index in [1.54, 1.807) is 7.11 Å². The van der Waals surface area contributed by atoms with Crippen molar-refractivity contribution < 1.29 is 4.74 Å². The Bertz CT molecular complexity index is 496. The summed E-state index contributed by atoms with van der Waals surface area (Å²) in [6.45, 7) is 10.6. The molecule has 2 aliphatic rings. The number of nitrogens with one attached hydrogen (secondary N) is 1. The minimum atomic E-state index is 0.108. The van der Waals surface area contributed by atoms with Crippen molar-refractivity contribution in [2.24, 2.45) is 0 Å². The molecule has 0 amide bonds. The van der Waals surface area contributed by atoms with E-state index in [9.17, 15) is 0 Å². The van der Waals surface area contributed by atoms with E-state index in [0.29, 0.717) is 6.04 Å². The van der Waals surface area contributed by atoms with Gasteiger partial charge < -0.3 is 10.1 Å². The van der Waals surface area contributed by atoms with Crippen molar-refractivity contribution in [2.75, 3.05) is 25.5 Å². The van der Waals surface area contributed by atoms with Crippen LogP contribution >= 0.6 is 0 Å². The minimum Gasteiger partial charge on any atom is -0.372 e. The summed E-state index contributed by atoms with van der Waals surface area (Å²) in [5.74, 6) is 0. The summed E-state index contributed by atoms with van der Waals surface area (Å²) < 4.78 is 5.75. The van der Waals surface area contributed by atoms with E-state index in [4.69, 9.17) is 4.74 Å². The molecule has 0 radical (unpaired) electrons. The normalized spacial score (nSPS) is 24.4. The highest BCUT2D eigenvalue weighted by molar-refractivity contribution is 5.64. The van der Waals surface area contributed by atoms with Crippen LogP contribution in [0.25, 0.3) is 0 Å². The van der Waals surface area contributed by atoms with Crippen LogP contribution in [0.1, 0.15) is 39.4 Å². The lowest BCUT2D eigenvalue weighted by Crippen LogP contribution is -2.30. The predicted molar refractivity (Wildman–Crippen MR) is 84.9 cm³/mol.